The maximum atomic E-state index is 10.7. The van der Waals surface area contributed by atoms with Crippen molar-refractivity contribution in [2.24, 2.45) is 5.92 Å². The molecule has 1 atom stereocenters. The zero-order valence-corrected chi connectivity index (χ0v) is 12.2. The van der Waals surface area contributed by atoms with Crippen LogP contribution in [0.3, 0.4) is 0 Å². The van der Waals surface area contributed by atoms with Gasteiger partial charge in [-0.1, -0.05) is 0 Å². The van der Waals surface area contributed by atoms with Gasteiger partial charge in [-0.05, 0) is 36.6 Å². The molecule has 20 heavy (non-hydrogen) atoms. The van der Waals surface area contributed by atoms with Gasteiger partial charge in [-0.15, -0.1) is 11.3 Å². The first-order valence-electron chi connectivity index (χ1n) is 6.80. The molecule has 2 aromatic rings. The molecule has 0 spiro atoms. The summed E-state index contributed by atoms with van der Waals surface area (Å²) in [6.45, 7) is 3.92. The molecule has 1 N–H and O–H groups in total. The molecular formula is C14H17N3O2S. The Hall–Kier alpha value is -1.69. The second-order valence-corrected chi connectivity index (χ2v) is 6.21. The number of fused-ring (bicyclic) bond motifs is 1. The van der Waals surface area contributed by atoms with E-state index in [1.807, 2.05) is 0 Å². The molecule has 0 amide bonds. The predicted octanol–water partition coefficient (Wildman–Crippen LogP) is 2.69. The van der Waals surface area contributed by atoms with Gasteiger partial charge in [-0.25, -0.2) is 9.97 Å². The average molecular weight is 291 g/mol. The van der Waals surface area contributed by atoms with E-state index in [9.17, 15) is 4.79 Å². The summed E-state index contributed by atoms with van der Waals surface area (Å²) in [7, 11) is 0. The van der Waals surface area contributed by atoms with Crippen molar-refractivity contribution in [1.82, 2.24) is 9.97 Å². The number of nitrogens with zero attached hydrogens (tertiary/aromatic N) is 3. The summed E-state index contributed by atoms with van der Waals surface area (Å²) in [5, 5.41) is 10.9. The van der Waals surface area contributed by atoms with E-state index < -0.39 is 5.97 Å². The van der Waals surface area contributed by atoms with Crippen molar-refractivity contribution in [2.75, 3.05) is 18.0 Å². The third-order valence-electron chi connectivity index (χ3n) is 3.86. The summed E-state index contributed by atoms with van der Waals surface area (Å²) in [6.07, 6.45) is 3.68. The molecule has 0 saturated carbocycles. The molecule has 1 saturated heterocycles. The first-order chi connectivity index (χ1) is 9.65. The lowest BCUT2D eigenvalue weighted by molar-refractivity contribution is -0.137. The Bertz CT molecular complexity index is 640. The fourth-order valence-corrected chi connectivity index (χ4v) is 3.79. The molecule has 106 valence electrons. The Morgan fingerprint density at radius 2 is 2.40 bits per heavy atom. The van der Waals surface area contributed by atoms with Crippen LogP contribution in [0.4, 0.5) is 5.82 Å². The highest BCUT2D eigenvalue weighted by Crippen LogP contribution is 2.34. The standard InChI is InChI=1S/C14H17N3O2S/c1-9-7-20-13-12(9)15-8-16-14(13)17-5-4-10(6-17)2-3-11(18)19/h7-8,10H,2-6H2,1H3,(H,18,19). The van der Waals surface area contributed by atoms with E-state index in [0.29, 0.717) is 5.92 Å². The lowest BCUT2D eigenvalue weighted by Crippen LogP contribution is -2.21. The Labute approximate surface area is 121 Å². The van der Waals surface area contributed by atoms with Crippen LogP contribution in [0, 0.1) is 12.8 Å². The van der Waals surface area contributed by atoms with Gasteiger partial charge in [-0.3, -0.25) is 4.79 Å². The van der Waals surface area contributed by atoms with Crippen molar-refractivity contribution in [2.45, 2.75) is 26.2 Å². The fraction of sp³-hybridized carbons (Fsp3) is 0.500. The third-order valence-corrected chi connectivity index (χ3v) is 4.95. The number of aryl methyl sites for hydroxylation is 1. The summed E-state index contributed by atoms with van der Waals surface area (Å²) in [4.78, 5) is 21.7. The zero-order chi connectivity index (χ0) is 14.1. The van der Waals surface area contributed by atoms with Gasteiger partial charge >= 0.3 is 5.97 Å². The number of hydrogen-bond acceptors (Lipinski definition) is 5. The molecule has 6 heteroatoms. The third kappa shape index (κ3) is 2.47. The predicted molar refractivity (Wildman–Crippen MR) is 79.3 cm³/mol. The van der Waals surface area contributed by atoms with Crippen LogP contribution < -0.4 is 4.90 Å². The maximum Gasteiger partial charge on any atom is 0.303 e. The van der Waals surface area contributed by atoms with Crippen molar-refractivity contribution in [3.05, 3.63) is 17.3 Å². The SMILES string of the molecule is Cc1csc2c(N3CCC(CCC(=O)O)C3)ncnc12. The van der Waals surface area contributed by atoms with E-state index in [4.69, 9.17) is 5.11 Å². The molecule has 0 aromatic carbocycles. The quantitative estimate of drug-likeness (QED) is 0.938. The van der Waals surface area contributed by atoms with Gasteiger partial charge in [0.05, 0.1) is 10.2 Å². The average Bonchev–Trinajstić information content (AvgIpc) is 3.04. The molecule has 3 heterocycles. The number of rotatable bonds is 4. The zero-order valence-electron chi connectivity index (χ0n) is 11.4. The molecule has 2 aromatic heterocycles. The van der Waals surface area contributed by atoms with Gasteiger partial charge in [0.1, 0.15) is 12.1 Å². The molecule has 1 fully saturated rings. The van der Waals surface area contributed by atoms with Crippen LogP contribution in [-0.2, 0) is 4.79 Å². The van der Waals surface area contributed by atoms with Crippen LogP contribution in [0.5, 0.6) is 0 Å². The summed E-state index contributed by atoms with van der Waals surface area (Å²) >= 11 is 1.69. The van der Waals surface area contributed by atoms with Gasteiger partial charge in [-0.2, -0.15) is 0 Å². The van der Waals surface area contributed by atoms with Crippen LogP contribution >= 0.6 is 11.3 Å². The Kier molecular flexibility index (Phi) is 3.56. The van der Waals surface area contributed by atoms with Crippen LogP contribution in [0.25, 0.3) is 10.2 Å². The van der Waals surface area contributed by atoms with Crippen LogP contribution in [0.2, 0.25) is 0 Å². The van der Waals surface area contributed by atoms with Gasteiger partial charge < -0.3 is 10.0 Å². The van der Waals surface area contributed by atoms with Crippen molar-refractivity contribution < 1.29 is 9.90 Å². The van der Waals surface area contributed by atoms with Gasteiger partial charge in [0.25, 0.3) is 0 Å². The number of carboxylic acids is 1. The Balaban J connectivity index is 1.78. The van der Waals surface area contributed by atoms with Crippen LogP contribution in [-0.4, -0.2) is 34.1 Å². The molecule has 0 radical (unpaired) electrons. The molecule has 5 nitrogen and oxygen atoms in total. The molecule has 0 aliphatic carbocycles. The molecule has 0 bridgehead atoms. The van der Waals surface area contributed by atoms with Gasteiger partial charge in [0.2, 0.25) is 0 Å². The second kappa shape index (κ2) is 5.36. The number of carboxylic acid groups (broad SMARTS) is 1. The van der Waals surface area contributed by atoms with Crippen molar-refractivity contribution in [3.63, 3.8) is 0 Å². The van der Waals surface area contributed by atoms with Crippen molar-refractivity contribution >= 4 is 33.3 Å². The van der Waals surface area contributed by atoms with E-state index >= 15 is 0 Å². The summed E-state index contributed by atoms with van der Waals surface area (Å²) in [5.74, 6) is 0.754. The summed E-state index contributed by atoms with van der Waals surface area (Å²) in [5.41, 5.74) is 2.23. The molecule has 1 unspecified atom stereocenters. The fourth-order valence-electron chi connectivity index (χ4n) is 2.77. The van der Waals surface area contributed by atoms with E-state index in [1.54, 1.807) is 17.7 Å². The minimum absolute atomic E-state index is 0.260. The largest absolute Gasteiger partial charge is 0.481 e. The monoisotopic (exact) mass is 291 g/mol. The van der Waals surface area contributed by atoms with E-state index in [-0.39, 0.29) is 6.42 Å². The normalized spacial score (nSPS) is 18.9. The summed E-state index contributed by atoms with van der Waals surface area (Å²) in [6, 6.07) is 0. The van der Waals surface area contributed by atoms with Crippen LogP contribution in [0.1, 0.15) is 24.8 Å². The maximum absolute atomic E-state index is 10.7. The topological polar surface area (TPSA) is 66.3 Å². The Morgan fingerprint density at radius 3 is 3.20 bits per heavy atom. The lowest BCUT2D eigenvalue weighted by Gasteiger charge is -2.17. The molecule has 3 rings (SSSR count). The number of carbonyl (C=O) groups is 1. The minimum atomic E-state index is -0.707. The van der Waals surface area contributed by atoms with E-state index in [0.717, 1.165) is 42.0 Å². The lowest BCUT2D eigenvalue weighted by atomic mass is 10.0. The highest BCUT2D eigenvalue weighted by Gasteiger charge is 2.25. The smallest absolute Gasteiger partial charge is 0.303 e. The first-order valence-corrected chi connectivity index (χ1v) is 7.68. The number of aliphatic carboxylic acids is 1. The number of hydrogen-bond donors (Lipinski definition) is 1. The minimum Gasteiger partial charge on any atom is -0.481 e. The van der Waals surface area contributed by atoms with Crippen molar-refractivity contribution in [3.8, 4) is 0 Å². The van der Waals surface area contributed by atoms with Gasteiger partial charge in [0, 0.05) is 19.5 Å². The van der Waals surface area contributed by atoms with Crippen molar-refractivity contribution in [1.29, 1.82) is 0 Å². The first kappa shape index (κ1) is 13.3. The molecule has 1 aliphatic rings. The second-order valence-electron chi connectivity index (χ2n) is 5.33. The summed E-state index contributed by atoms with van der Waals surface area (Å²) < 4.78 is 1.14. The molecule has 1 aliphatic heterocycles. The van der Waals surface area contributed by atoms with E-state index in [1.165, 1.54) is 5.56 Å². The highest BCUT2D eigenvalue weighted by molar-refractivity contribution is 7.18. The number of thiophene rings is 1. The number of aromatic nitrogens is 2. The number of anilines is 1. The van der Waals surface area contributed by atoms with Crippen LogP contribution in [0.15, 0.2) is 11.7 Å². The van der Waals surface area contributed by atoms with E-state index in [2.05, 4.69) is 27.2 Å². The van der Waals surface area contributed by atoms with Gasteiger partial charge in [0.15, 0.2) is 0 Å². The highest BCUT2D eigenvalue weighted by atomic mass is 32.1. The molecular weight excluding hydrogens is 274 g/mol. The Morgan fingerprint density at radius 1 is 1.55 bits per heavy atom.